The second-order valence-electron chi connectivity index (χ2n) is 6.25. The van der Waals surface area contributed by atoms with Crippen LogP contribution in [0.4, 0.5) is 4.39 Å². The van der Waals surface area contributed by atoms with Gasteiger partial charge in [0, 0.05) is 24.5 Å². The van der Waals surface area contributed by atoms with Crippen molar-refractivity contribution in [2.45, 2.75) is 26.7 Å². The molecule has 0 aliphatic carbocycles. The monoisotopic (exact) mass is 321 g/mol. The lowest BCUT2D eigenvalue weighted by Gasteiger charge is -2.12. The van der Waals surface area contributed by atoms with Crippen molar-refractivity contribution in [2.75, 3.05) is 0 Å². The number of nitrogens with zero attached hydrogens (tertiary/aromatic N) is 3. The van der Waals surface area contributed by atoms with Gasteiger partial charge in [0.15, 0.2) is 5.82 Å². The normalized spacial score (nSPS) is 11.0. The molecule has 0 saturated carbocycles. The number of rotatable bonds is 5. The van der Waals surface area contributed by atoms with Gasteiger partial charge in [0.05, 0.1) is 0 Å². The number of pyridine rings is 1. The first-order valence-electron chi connectivity index (χ1n) is 8.13. The molecule has 0 amide bonds. The van der Waals surface area contributed by atoms with E-state index in [1.54, 1.807) is 24.5 Å². The highest BCUT2D eigenvalue weighted by molar-refractivity contribution is 5.49. The van der Waals surface area contributed by atoms with Crippen LogP contribution < -0.4 is 0 Å². The van der Waals surface area contributed by atoms with Gasteiger partial charge in [0.1, 0.15) is 11.5 Å². The topological polar surface area (TPSA) is 38.7 Å². The maximum atomic E-state index is 14.0. The van der Waals surface area contributed by atoms with E-state index in [0.29, 0.717) is 23.7 Å². The highest BCUT2D eigenvalue weighted by Gasteiger charge is 2.13. The summed E-state index contributed by atoms with van der Waals surface area (Å²) < 4.78 is 14.0. The fourth-order valence-electron chi connectivity index (χ4n) is 2.62. The van der Waals surface area contributed by atoms with Crippen LogP contribution in [0.3, 0.4) is 0 Å². The van der Waals surface area contributed by atoms with Crippen LogP contribution in [0, 0.1) is 11.7 Å². The summed E-state index contributed by atoms with van der Waals surface area (Å²) >= 11 is 0. The zero-order chi connectivity index (χ0) is 16.9. The third-order valence-corrected chi connectivity index (χ3v) is 3.79. The van der Waals surface area contributed by atoms with Crippen molar-refractivity contribution in [3.63, 3.8) is 0 Å². The van der Waals surface area contributed by atoms with Gasteiger partial charge in [0.2, 0.25) is 0 Å². The molecular formula is C20H20FN3. The van der Waals surface area contributed by atoms with Crippen molar-refractivity contribution >= 4 is 0 Å². The summed E-state index contributed by atoms with van der Waals surface area (Å²) in [4.78, 5) is 13.5. The zero-order valence-corrected chi connectivity index (χ0v) is 13.9. The summed E-state index contributed by atoms with van der Waals surface area (Å²) in [6.45, 7) is 4.30. The lowest BCUT2D eigenvalue weighted by Crippen LogP contribution is -2.07. The molecule has 24 heavy (non-hydrogen) atoms. The van der Waals surface area contributed by atoms with E-state index in [0.717, 1.165) is 23.4 Å². The molecule has 0 saturated heterocycles. The van der Waals surface area contributed by atoms with Gasteiger partial charge >= 0.3 is 0 Å². The van der Waals surface area contributed by atoms with Gasteiger partial charge in [-0.15, -0.1) is 0 Å². The van der Waals surface area contributed by atoms with Gasteiger partial charge in [-0.2, -0.15) is 0 Å². The smallest absolute Gasteiger partial charge is 0.178 e. The molecule has 0 radical (unpaired) electrons. The van der Waals surface area contributed by atoms with Crippen molar-refractivity contribution < 1.29 is 4.39 Å². The van der Waals surface area contributed by atoms with Gasteiger partial charge in [0.25, 0.3) is 0 Å². The molecule has 0 N–H and O–H groups in total. The van der Waals surface area contributed by atoms with Crippen LogP contribution in [0.5, 0.6) is 0 Å². The van der Waals surface area contributed by atoms with Gasteiger partial charge in [-0.1, -0.05) is 38.1 Å². The molecule has 0 unspecified atom stereocenters. The Balaban J connectivity index is 1.98. The summed E-state index contributed by atoms with van der Waals surface area (Å²) in [6, 6.07) is 12.5. The molecule has 122 valence electrons. The second kappa shape index (κ2) is 7.30. The number of halogens is 1. The summed E-state index contributed by atoms with van der Waals surface area (Å²) in [5.74, 6) is 0.876. The molecular weight excluding hydrogens is 301 g/mol. The van der Waals surface area contributed by atoms with Crippen LogP contribution in [0.1, 0.15) is 30.7 Å². The van der Waals surface area contributed by atoms with E-state index in [-0.39, 0.29) is 5.82 Å². The van der Waals surface area contributed by atoms with Crippen molar-refractivity contribution in [1.29, 1.82) is 0 Å². The predicted molar refractivity (Wildman–Crippen MR) is 93.0 cm³/mol. The molecule has 0 bridgehead atoms. The Kier molecular flexibility index (Phi) is 4.94. The largest absolute Gasteiger partial charge is 0.253 e. The Hall–Kier alpha value is -2.62. The molecule has 0 fully saturated rings. The van der Waals surface area contributed by atoms with E-state index >= 15 is 0 Å². The Bertz CT molecular complexity index is 816. The van der Waals surface area contributed by atoms with Crippen molar-refractivity contribution in [1.82, 2.24) is 15.0 Å². The average Bonchev–Trinajstić information content (AvgIpc) is 2.58. The maximum absolute atomic E-state index is 14.0. The van der Waals surface area contributed by atoms with E-state index in [9.17, 15) is 4.39 Å². The average molecular weight is 321 g/mol. The summed E-state index contributed by atoms with van der Waals surface area (Å²) in [5, 5.41) is 0. The first-order chi connectivity index (χ1) is 11.6. The quantitative estimate of drug-likeness (QED) is 0.696. The third kappa shape index (κ3) is 3.82. The predicted octanol–water partition coefficient (Wildman–Crippen LogP) is 4.47. The molecule has 0 spiro atoms. The van der Waals surface area contributed by atoms with Gasteiger partial charge in [-0.25, -0.2) is 14.4 Å². The molecule has 3 rings (SSSR count). The first-order valence-corrected chi connectivity index (χ1v) is 8.13. The molecule has 0 aliphatic heterocycles. The summed E-state index contributed by atoms with van der Waals surface area (Å²) in [7, 11) is 0. The standard InChI is InChI=1S/C20H20FN3/c1-14(2)11-19-16(12-15-7-3-4-8-17(15)21)13-23-20(24-19)18-9-5-6-10-22-18/h3-10,13-14H,11-12H2,1-2H3. The van der Waals surface area contributed by atoms with Gasteiger partial charge < -0.3 is 0 Å². The third-order valence-electron chi connectivity index (χ3n) is 3.79. The minimum atomic E-state index is -0.193. The molecule has 0 atom stereocenters. The van der Waals surface area contributed by atoms with Gasteiger partial charge in [-0.3, -0.25) is 4.98 Å². The molecule has 3 nitrogen and oxygen atoms in total. The van der Waals surface area contributed by atoms with E-state index in [1.165, 1.54) is 6.07 Å². The van der Waals surface area contributed by atoms with E-state index in [2.05, 4.69) is 23.8 Å². The fourth-order valence-corrected chi connectivity index (χ4v) is 2.62. The Labute approximate surface area is 141 Å². The Morgan fingerprint density at radius 3 is 2.46 bits per heavy atom. The van der Waals surface area contributed by atoms with Crippen LogP contribution in [0.25, 0.3) is 11.5 Å². The lowest BCUT2D eigenvalue weighted by atomic mass is 9.99. The van der Waals surface area contributed by atoms with E-state index < -0.39 is 0 Å². The fraction of sp³-hybridized carbons (Fsp3) is 0.250. The first kappa shape index (κ1) is 16.2. The SMILES string of the molecule is CC(C)Cc1nc(-c2ccccn2)ncc1Cc1ccccc1F. The highest BCUT2D eigenvalue weighted by Crippen LogP contribution is 2.20. The molecule has 0 aliphatic rings. The molecule has 3 aromatic rings. The second-order valence-corrected chi connectivity index (χ2v) is 6.25. The Morgan fingerprint density at radius 1 is 0.958 bits per heavy atom. The van der Waals surface area contributed by atoms with Crippen molar-refractivity contribution in [2.24, 2.45) is 5.92 Å². The van der Waals surface area contributed by atoms with Crippen LogP contribution in [0.15, 0.2) is 54.9 Å². The van der Waals surface area contributed by atoms with E-state index in [1.807, 2.05) is 24.3 Å². The highest BCUT2D eigenvalue weighted by atomic mass is 19.1. The molecule has 4 heteroatoms. The number of aromatic nitrogens is 3. The van der Waals surface area contributed by atoms with Crippen LogP contribution in [-0.4, -0.2) is 15.0 Å². The van der Waals surface area contributed by atoms with Crippen molar-refractivity contribution in [3.05, 3.63) is 77.5 Å². The lowest BCUT2D eigenvalue weighted by molar-refractivity contribution is 0.610. The number of hydrogen-bond acceptors (Lipinski definition) is 3. The minimum Gasteiger partial charge on any atom is -0.253 e. The number of hydrogen-bond donors (Lipinski definition) is 0. The molecule has 1 aromatic carbocycles. The van der Waals surface area contributed by atoms with E-state index in [4.69, 9.17) is 4.98 Å². The van der Waals surface area contributed by atoms with Crippen LogP contribution >= 0.6 is 0 Å². The van der Waals surface area contributed by atoms with Gasteiger partial charge in [-0.05, 0) is 41.7 Å². The molecule has 2 heterocycles. The minimum absolute atomic E-state index is 0.193. The maximum Gasteiger partial charge on any atom is 0.178 e. The summed E-state index contributed by atoms with van der Waals surface area (Å²) in [6.07, 6.45) is 4.86. The number of benzene rings is 1. The van der Waals surface area contributed by atoms with Crippen LogP contribution in [0.2, 0.25) is 0 Å². The molecule has 2 aromatic heterocycles. The summed E-state index contributed by atoms with van der Waals surface area (Å²) in [5.41, 5.74) is 3.34. The zero-order valence-electron chi connectivity index (χ0n) is 13.9. The van der Waals surface area contributed by atoms with Crippen molar-refractivity contribution in [3.8, 4) is 11.5 Å². The van der Waals surface area contributed by atoms with Crippen LogP contribution in [-0.2, 0) is 12.8 Å². The Morgan fingerprint density at radius 2 is 1.75 bits per heavy atom.